The number of nitrogen functional groups attached to an aromatic ring is 1. The molecule has 0 saturated heterocycles. The van der Waals surface area contributed by atoms with E-state index in [9.17, 15) is 4.79 Å². The number of benzene rings is 3. The van der Waals surface area contributed by atoms with Crippen molar-refractivity contribution in [2.24, 2.45) is 5.84 Å². The van der Waals surface area contributed by atoms with Crippen molar-refractivity contribution >= 4 is 16.7 Å². The topological polar surface area (TPSA) is 73.6 Å². The molecule has 3 aromatic rings. The van der Waals surface area contributed by atoms with Gasteiger partial charge in [0, 0.05) is 16.5 Å². The Morgan fingerprint density at radius 2 is 1.83 bits per heavy atom. The molecule has 0 aromatic heterocycles. The summed E-state index contributed by atoms with van der Waals surface area (Å²) in [7, 11) is 1.58. The number of rotatable bonds is 5. The average molecular weight is 322 g/mol. The number of methoxy groups -OCH3 is 1. The van der Waals surface area contributed by atoms with Gasteiger partial charge in [-0.3, -0.25) is 10.2 Å². The smallest absolute Gasteiger partial charge is 0.265 e. The zero-order valence-corrected chi connectivity index (χ0v) is 13.3. The van der Waals surface area contributed by atoms with Crippen LogP contribution >= 0.6 is 0 Å². The van der Waals surface area contributed by atoms with E-state index in [4.69, 9.17) is 15.3 Å². The number of hydrogen-bond donors (Lipinski definition) is 2. The first-order valence-electron chi connectivity index (χ1n) is 7.51. The molecule has 0 aliphatic heterocycles. The fraction of sp³-hybridized carbons (Fsp3) is 0.105. The Morgan fingerprint density at radius 3 is 2.62 bits per heavy atom. The second kappa shape index (κ2) is 7.02. The van der Waals surface area contributed by atoms with Crippen LogP contribution in [0, 0.1) is 0 Å². The number of nitrogens with one attached hydrogen (secondary N) is 1. The lowest BCUT2D eigenvalue weighted by Gasteiger charge is -2.13. The van der Waals surface area contributed by atoms with Gasteiger partial charge in [0.15, 0.2) is 0 Å². The minimum absolute atomic E-state index is 0.281. The monoisotopic (exact) mass is 322 g/mol. The third-order valence-corrected chi connectivity index (χ3v) is 3.81. The van der Waals surface area contributed by atoms with Gasteiger partial charge in [-0.05, 0) is 29.7 Å². The van der Waals surface area contributed by atoms with Crippen molar-refractivity contribution in [3.05, 3.63) is 71.8 Å². The van der Waals surface area contributed by atoms with Gasteiger partial charge in [-0.25, -0.2) is 5.84 Å². The van der Waals surface area contributed by atoms with Crippen LogP contribution in [0.15, 0.2) is 60.7 Å². The van der Waals surface area contributed by atoms with Crippen LogP contribution in [0.25, 0.3) is 10.8 Å². The lowest BCUT2D eigenvalue weighted by molar-refractivity contribution is 0.0953. The summed E-state index contributed by atoms with van der Waals surface area (Å²) in [6.45, 7) is 0.281. The van der Waals surface area contributed by atoms with Crippen molar-refractivity contribution < 1.29 is 14.3 Å². The molecular weight excluding hydrogens is 304 g/mol. The summed E-state index contributed by atoms with van der Waals surface area (Å²) in [5.74, 6) is 6.27. The molecule has 3 aromatic carbocycles. The minimum atomic E-state index is -0.357. The summed E-state index contributed by atoms with van der Waals surface area (Å²) in [6, 6.07) is 19.0. The molecule has 0 saturated carbocycles. The van der Waals surface area contributed by atoms with Crippen molar-refractivity contribution in [1.29, 1.82) is 0 Å². The third kappa shape index (κ3) is 3.16. The van der Waals surface area contributed by atoms with Crippen LogP contribution < -0.4 is 20.7 Å². The molecule has 3 N–H and O–H groups in total. The molecule has 0 atom stereocenters. The van der Waals surface area contributed by atoms with E-state index < -0.39 is 0 Å². The largest absolute Gasteiger partial charge is 0.496 e. The van der Waals surface area contributed by atoms with Crippen LogP contribution in [0.5, 0.6) is 11.5 Å². The first-order valence-corrected chi connectivity index (χ1v) is 7.51. The molecule has 0 unspecified atom stereocenters. The molecule has 0 fully saturated rings. The van der Waals surface area contributed by atoms with Gasteiger partial charge in [-0.15, -0.1) is 0 Å². The van der Waals surface area contributed by atoms with Crippen molar-refractivity contribution in [2.75, 3.05) is 7.11 Å². The predicted molar refractivity (Wildman–Crippen MR) is 92.9 cm³/mol. The van der Waals surface area contributed by atoms with Crippen molar-refractivity contribution in [3.8, 4) is 11.5 Å². The molecule has 3 rings (SSSR count). The Labute approximate surface area is 140 Å². The number of fused-ring (bicyclic) bond motifs is 1. The second-order valence-electron chi connectivity index (χ2n) is 5.27. The highest BCUT2D eigenvalue weighted by Gasteiger charge is 2.10. The molecule has 24 heavy (non-hydrogen) atoms. The molecule has 5 nitrogen and oxygen atoms in total. The van der Waals surface area contributed by atoms with Gasteiger partial charge < -0.3 is 9.47 Å². The summed E-state index contributed by atoms with van der Waals surface area (Å²) < 4.78 is 11.3. The molecule has 122 valence electrons. The number of ether oxygens (including phenoxy) is 2. The highest BCUT2D eigenvalue weighted by atomic mass is 16.5. The molecule has 0 radical (unpaired) electrons. The van der Waals surface area contributed by atoms with Crippen molar-refractivity contribution in [1.82, 2.24) is 5.43 Å². The molecule has 0 aliphatic rings. The molecule has 0 aliphatic carbocycles. The number of nitrogens with two attached hydrogens (primary N) is 1. The van der Waals surface area contributed by atoms with Gasteiger partial charge in [0.05, 0.1) is 7.11 Å². The van der Waals surface area contributed by atoms with Crippen molar-refractivity contribution in [3.63, 3.8) is 0 Å². The zero-order chi connectivity index (χ0) is 16.9. The summed E-state index contributed by atoms with van der Waals surface area (Å²) in [6.07, 6.45) is 0. The number of amides is 1. The lowest BCUT2D eigenvalue weighted by atomic mass is 10.1. The van der Waals surface area contributed by atoms with E-state index in [0.717, 1.165) is 22.1 Å². The van der Waals surface area contributed by atoms with Gasteiger partial charge in [-0.2, -0.15) is 0 Å². The SMILES string of the molecule is COc1ccc(C(=O)NN)cc1COc1cccc2ccccc12. The van der Waals surface area contributed by atoms with Gasteiger partial charge >= 0.3 is 0 Å². The Morgan fingerprint density at radius 1 is 1.04 bits per heavy atom. The van der Waals surface area contributed by atoms with Crippen LogP contribution in [-0.4, -0.2) is 13.0 Å². The van der Waals surface area contributed by atoms with Crippen LogP contribution in [0.2, 0.25) is 0 Å². The van der Waals surface area contributed by atoms with Gasteiger partial charge in [0.1, 0.15) is 18.1 Å². The maximum atomic E-state index is 11.7. The Balaban J connectivity index is 1.89. The van der Waals surface area contributed by atoms with Gasteiger partial charge in [0.2, 0.25) is 0 Å². The van der Waals surface area contributed by atoms with Gasteiger partial charge in [-0.1, -0.05) is 36.4 Å². The maximum absolute atomic E-state index is 11.7. The third-order valence-electron chi connectivity index (χ3n) is 3.81. The number of carbonyl (C=O) groups excluding carboxylic acids is 1. The average Bonchev–Trinajstić information content (AvgIpc) is 2.65. The normalized spacial score (nSPS) is 10.4. The van der Waals surface area contributed by atoms with Crippen LogP contribution in [0.3, 0.4) is 0 Å². The molecule has 1 amide bonds. The molecule has 0 heterocycles. The van der Waals surface area contributed by atoms with E-state index in [2.05, 4.69) is 5.43 Å². The van der Waals surface area contributed by atoms with Crippen LogP contribution in [0.4, 0.5) is 0 Å². The minimum Gasteiger partial charge on any atom is -0.496 e. The Bertz CT molecular complexity index is 872. The predicted octanol–water partition coefficient (Wildman–Crippen LogP) is 3.03. The molecule has 0 bridgehead atoms. The fourth-order valence-corrected chi connectivity index (χ4v) is 2.59. The van der Waals surface area contributed by atoms with E-state index >= 15 is 0 Å². The molecular formula is C19H18N2O3. The van der Waals surface area contributed by atoms with Crippen molar-refractivity contribution in [2.45, 2.75) is 6.61 Å². The first kappa shape index (κ1) is 15.8. The maximum Gasteiger partial charge on any atom is 0.265 e. The standard InChI is InChI=1S/C19H18N2O3/c1-23-17-10-9-14(19(22)21-20)11-15(17)12-24-18-8-4-6-13-5-2-3-7-16(13)18/h2-11H,12,20H2,1H3,(H,21,22). The van der Waals surface area contributed by atoms with E-state index in [0.29, 0.717) is 11.3 Å². The number of hydrogen-bond acceptors (Lipinski definition) is 4. The van der Waals surface area contributed by atoms with E-state index in [1.54, 1.807) is 25.3 Å². The van der Waals surface area contributed by atoms with Gasteiger partial charge in [0.25, 0.3) is 5.91 Å². The van der Waals surface area contributed by atoms with Crippen LogP contribution in [-0.2, 0) is 6.61 Å². The Hall–Kier alpha value is -3.05. The number of carbonyl (C=O) groups is 1. The first-order chi connectivity index (χ1) is 11.7. The highest BCUT2D eigenvalue weighted by Crippen LogP contribution is 2.27. The fourth-order valence-electron chi connectivity index (χ4n) is 2.59. The van der Waals surface area contributed by atoms with Crippen LogP contribution in [0.1, 0.15) is 15.9 Å². The number of hydrazine groups is 1. The molecule has 5 heteroatoms. The quantitative estimate of drug-likeness (QED) is 0.430. The zero-order valence-electron chi connectivity index (χ0n) is 13.3. The van der Waals surface area contributed by atoms with E-state index in [-0.39, 0.29) is 12.5 Å². The van der Waals surface area contributed by atoms with E-state index in [1.807, 2.05) is 42.5 Å². The summed E-state index contributed by atoms with van der Waals surface area (Å²) in [4.78, 5) is 11.7. The summed E-state index contributed by atoms with van der Waals surface area (Å²) in [5.41, 5.74) is 3.35. The highest BCUT2D eigenvalue weighted by molar-refractivity contribution is 5.94. The lowest BCUT2D eigenvalue weighted by Crippen LogP contribution is -2.30. The second-order valence-corrected chi connectivity index (χ2v) is 5.27. The summed E-state index contributed by atoms with van der Waals surface area (Å²) in [5, 5.41) is 2.15. The van der Waals surface area contributed by atoms with E-state index in [1.165, 1.54) is 0 Å². The Kier molecular flexibility index (Phi) is 4.63. The molecule has 0 spiro atoms. The summed E-state index contributed by atoms with van der Waals surface area (Å²) >= 11 is 0.